The van der Waals surface area contributed by atoms with Crippen LogP contribution >= 0.6 is 0 Å². The number of nitrogens with zero attached hydrogens (tertiary/aromatic N) is 2. The van der Waals surface area contributed by atoms with Gasteiger partial charge in [-0.2, -0.15) is 0 Å². The van der Waals surface area contributed by atoms with Gasteiger partial charge in [-0.3, -0.25) is 19.0 Å². The first kappa shape index (κ1) is 17.7. The number of hydrogen-bond acceptors (Lipinski definition) is 4. The number of fused-ring (bicyclic) bond motifs is 1. The molecule has 7 heteroatoms. The molecule has 0 saturated heterocycles. The van der Waals surface area contributed by atoms with E-state index in [2.05, 4.69) is 15.6 Å². The van der Waals surface area contributed by atoms with Crippen LogP contribution in [0.2, 0.25) is 0 Å². The molecular weight excluding hydrogens is 308 g/mol. The lowest BCUT2D eigenvalue weighted by Crippen LogP contribution is -2.37. The van der Waals surface area contributed by atoms with Crippen LogP contribution < -0.4 is 16.2 Å². The highest BCUT2D eigenvalue weighted by Crippen LogP contribution is 2.11. The van der Waals surface area contributed by atoms with Crippen LogP contribution in [0.5, 0.6) is 0 Å². The van der Waals surface area contributed by atoms with Gasteiger partial charge in [-0.15, -0.1) is 0 Å². The molecule has 0 spiro atoms. The number of rotatable bonds is 7. The number of nitrogens with one attached hydrogen (secondary N) is 2. The van der Waals surface area contributed by atoms with Crippen LogP contribution in [0.1, 0.15) is 25.3 Å². The summed E-state index contributed by atoms with van der Waals surface area (Å²) in [5.41, 5.74) is 1.44. The predicted molar refractivity (Wildman–Crippen MR) is 91.7 cm³/mol. The third kappa shape index (κ3) is 4.41. The first-order valence-electron chi connectivity index (χ1n) is 8.01. The smallest absolute Gasteiger partial charge is 0.261 e. The number of carbonyl (C=O) groups excluding carboxylic acids is 2. The van der Waals surface area contributed by atoms with Crippen molar-refractivity contribution < 1.29 is 9.59 Å². The number of amides is 2. The molecule has 0 bridgehead atoms. The van der Waals surface area contributed by atoms with Gasteiger partial charge < -0.3 is 10.6 Å². The van der Waals surface area contributed by atoms with E-state index in [1.165, 1.54) is 10.9 Å². The van der Waals surface area contributed by atoms with Gasteiger partial charge in [0.25, 0.3) is 5.56 Å². The second-order valence-electron chi connectivity index (χ2n) is 5.59. The minimum absolute atomic E-state index is 0.0527. The molecule has 0 atom stereocenters. The Labute approximate surface area is 140 Å². The van der Waals surface area contributed by atoms with E-state index in [9.17, 15) is 14.4 Å². The standard InChI is InChI=1S/C17H22N4O3/c1-3-8-18-15(23)10-19-14(22)7-9-21-11-20-16-12(2)5-4-6-13(16)17(21)24/h4-6,11H,3,7-10H2,1-2H3,(H,18,23)(H,19,22). The van der Waals surface area contributed by atoms with Gasteiger partial charge in [-0.05, 0) is 25.0 Å². The Morgan fingerprint density at radius 3 is 2.75 bits per heavy atom. The van der Waals surface area contributed by atoms with Crippen LogP contribution in [-0.2, 0) is 16.1 Å². The molecule has 24 heavy (non-hydrogen) atoms. The average molecular weight is 330 g/mol. The Hall–Kier alpha value is -2.70. The quantitative estimate of drug-likeness (QED) is 0.783. The summed E-state index contributed by atoms with van der Waals surface area (Å²) < 4.78 is 1.42. The second-order valence-corrected chi connectivity index (χ2v) is 5.59. The monoisotopic (exact) mass is 330 g/mol. The van der Waals surface area contributed by atoms with E-state index in [0.29, 0.717) is 17.4 Å². The molecule has 2 amide bonds. The van der Waals surface area contributed by atoms with Crippen molar-refractivity contribution in [3.63, 3.8) is 0 Å². The Bertz CT molecular complexity index is 798. The van der Waals surface area contributed by atoms with Crippen molar-refractivity contribution >= 4 is 22.7 Å². The largest absolute Gasteiger partial charge is 0.355 e. The number of hydrogen-bond donors (Lipinski definition) is 2. The van der Waals surface area contributed by atoms with Crippen molar-refractivity contribution in [1.29, 1.82) is 0 Å². The van der Waals surface area contributed by atoms with Crippen LogP contribution in [0.3, 0.4) is 0 Å². The van der Waals surface area contributed by atoms with Crippen molar-refractivity contribution in [3.05, 3.63) is 40.4 Å². The third-order valence-electron chi connectivity index (χ3n) is 3.65. The lowest BCUT2D eigenvalue weighted by Gasteiger charge is -2.08. The molecule has 0 saturated carbocycles. The van der Waals surface area contributed by atoms with Gasteiger partial charge >= 0.3 is 0 Å². The van der Waals surface area contributed by atoms with E-state index < -0.39 is 0 Å². The SMILES string of the molecule is CCCNC(=O)CNC(=O)CCn1cnc2c(C)cccc2c1=O. The minimum atomic E-state index is -0.280. The Balaban J connectivity index is 1.94. The fourth-order valence-corrected chi connectivity index (χ4v) is 2.31. The lowest BCUT2D eigenvalue weighted by molar-refractivity contribution is -0.126. The second kappa shape index (κ2) is 8.24. The number of benzene rings is 1. The Kier molecular flexibility index (Phi) is 6.06. The molecule has 128 valence electrons. The third-order valence-corrected chi connectivity index (χ3v) is 3.65. The summed E-state index contributed by atoms with van der Waals surface area (Å²) in [7, 11) is 0. The zero-order valence-electron chi connectivity index (χ0n) is 14.0. The minimum Gasteiger partial charge on any atom is -0.355 e. The molecule has 0 fully saturated rings. The van der Waals surface area contributed by atoms with Gasteiger partial charge in [0.1, 0.15) is 0 Å². The summed E-state index contributed by atoms with van der Waals surface area (Å²) in [5.74, 6) is -0.497. The average Bonchev–Trinajstić information content (AvgIpc) is 2.58. The van der Waals surface area contributed by atoms with Gasteiger partial charge in [0.05, 0.1) is 23.8 Å². The van der Waals surface area contributed by atoms with Gasteiger partial charge in [0, 0.05) is 19.5 Å². The molecule has 0 aliphatic rings. The molecule has 2 aromatic rings. The summed E-state index contributed by atoms with van der Waals surface area (Å²) in [6.07, 6.45) is 2.41. The zero-order chi connectivity index (χ0) is 17.5. The molecule has 2 rings (SSSR count). The van der Waals surface area contributed by atoms with Crippen molar-refractivity contribution in [2.75, 3.05) is 13.1 Å². The topological polar surface area (TPSA) is 93.1 Å². The maximum Gasteiger partial charge on any atom is 0.261 e. The molecular formula is C17H22N4O3. The van der Waals surface area contributed by atoms with Gasteiger partial charge in [0.2, 0.25) is 11.8 Å². The summed E-state index contributed by atoms with van der Waals surface area (Å²) in [4.78, 5) is 39.9. The summed E-state index contributed by atoms with van der Waals surface area (Å²) in [6, 6.07) is 5.44. The normalized spacial score (nSPS) is 10.6. The highest BCUT2D eigenvalue weighted by Gasteiger charge is 2.08. The van der Waals surface area contributed by atoms with Crippen LogP contribution in [0, 0.1) is 6.92 Å². The summed E-state index contributed by atoms with van der Waals surface area (Å²) in [5, 5.41) is 5.76. The lowest BCUT2D eigenvalue weighted by atomic mass is 10.1. The molecule has 1 heterocycles. The highest BCUT2D eigenvalue weighted by molar-refractivity contribution is 5.84. The first-order valence-corrected chi connectivity index (χ1v) is 8.01. The van der Waals surface area contributed by atoms with Gasteiger partial charge in [-0.25, -0.2) is 4.98 Å². The van der Waals surface area contributed by atoms with E-state index in [0.717, 1.165) is 12.0 Å². The van der Waals surface area contributed by atoms with Crippen LogP contribution in [0.4, 0.5) is 0 Å². The van der Waals surface area contributed by atoms with Crippen molar-refractivity contribution in [3.8, 4) is 0 Å². The number of para-hydroxylation sites is 1. The molecule has 1 aromatic carbocycles. The first-order chi connectivity index (χ1) is 11.5. The maximum absolute atomic E-state index is 12.4. The van der Waals surface area contributed by atoms with E-state index >= 15 is 0 Å². The van der Waals surface area contributed by atoms with Crippen LogP contribution in [0.15, 0.2) is 29.3 Å². The molecule has 0 radical (unpaired) electrons. The highest BCUT2D eigenvalue weighted by atomic mass is 16.2. The van der Waals surface area contributed by atoms with E-state index in [-0.39, 0.29) is 36.9 Å². The fourth-order valence-electron chi connectivity index (χ4n) is 2.31. The van der Waals surface area contributed by atoms with Gasteiger partial charge in [-0.1, -0.05) is 19.1 Å². The zero-order valence-corrected chi connectivity index (χ0v) is 14.0. The van der Waals surface area contributed by atoms with E-state index in [1.807, 2.05) is 26.0 Å². The van der Waals surface area contributed by atoms with Crippen molar-refractivity contribution in [2.45, 2.75) is 33.2 Å². The Morgan fingerprint density at radius 1 is 1.21 bits per heavy atom. The van der Waals surface area contributed by atoms with E-state index in [1.54, 1.807) is 6.07 Å². The van der Waals surface area contributed by atoms with E-state index in [4.69, 9.17) is 0 Å². The molecule has 7 nitrogen and oxygen atoms in total. The molecule has 0 unspecified atom stereocenters. The number of aryl methyl sites for hydroxylation is 2. The van der Waals surface area contributed by atoms with Gasteiger partial charge in [0.15, 0.2) is 0 Å². The maximum atomic E-state index is 12.4. The summed E-state index contributed by atoms with van der Waals surface area (Å²) in [6.45, 7) is 4.61. The number of carbonyl (C=O) groups is 2. The van der Waals surface area contributed by atoms with Crippen LogP contribution in [0.25, 0.3) is 10.9 Å². The predicted octanol–water partition coefficient (Wildman–Crippen LogP) is 0.737. The molecule has 2 N–H and O–H groups in total. The van der Waals surface area contributed by atoms with Crippen molar-refractivity contribution in [1.82, 2.24) is 20.2 Å². The van der Waals surface area contributed by atoms with Crippen molar-refractivity contribution in [2.24, 2.45) is 0 Å². The summed E-state index contributed by atoms with van der Waals surface area (Å²) >= 11 is 0. The fraction of sp³-hybridized carbons (Fsp3) is 0.412. The number of aromatic nitrogens is 2. The molecule has 0 aliphatic carbocycles. The molecule has 1 aromatic heterocycles. The molecule has 0 aliphatic heterocycles. The Morgan fingerprint density at radius 2 is 2.00 bits per heavy atom. The van der Waals surface area contributed by atoms with Crippen LogP contribution in [-0.4, -0.2) is 34.5 Å².